The average Bonchev–Trinajstić information content (AvgIpc) is 2.38. The third-order valence-corrected chi connectivity index (χ3v) is 3.12. The van der Waals surface area contributed by atoms with Gasteiger partial charge < -0.3 is 9.47 Å². The van der Waals surface area contributed by atoms with E-state index < -0.39 is 0 Å². The van der Waals surface area contributed by atoms with Crippen molar-refractivity contribution in [2.45, 2.75) is 13.8 Å². The predicted molar refractivity (Wildman–Crippen MR) is 74.5 cm³/mol. The predicted octanol–water partition coefficient (Wildman–Crippen LogP) is 3.99. The van der Waals surface area contributed by atoms with Crippen LogP contribution in [0.2, 0.25) is 0 Å². The van der Waals surface area contributed by atoms with Crippen LogP contribution < -0.4 is 9.47 Å². The molecular formula is C16H18O2. The Morgan fingerprint density at radius 3 is 1.72 bits per heavy atom. The monoisotopic (exact) mass is 242 g/mol. The van der Waals surface area contributed by atoms with Gasteiger partial charge >= 0.3 is 0 Å². The van der Waals surface area contributed by atoms with Gasteiger partial charge in [-0.15, -0.1) is 0 Å². The fourth-order valence-electron chi connectivity index (χ4n) is 2.22. The molecule has 2 aromatic carbocycles. The summed E-state index contributed by atoms with van der Waals surface area (Å²) in [5.74, 6) is 1.62. The van der Waals surface area contributed by atoms with Gasteiger partial charge in [0.1, 0.15) is 11.5 Å². The second-order valence-corrected chi connectivity index (χ2v) is 4.37. The van der Waals surface area contributed by atoms with Crippen molar-refractivity contribution in [3.63, 3.8) is 0 Å². The van der Waals surface area contributed by atoms with Crippen molar-refractivity contribution < 1.29 is 9.47 Å². The van der Waals surface area contributed by atoms with Crippen LogP contribution in [-0.4, -0.2) is 14.2 Å². The molecule has 0 saturated heterocycles. The molecule has 2 aromatic rings. The van der Waals surface area contributed by atoms with E-state index in [-0.39, 0.29) is 0 Å². The van der Waals surface area contributed by atoms with E-state index in [1.807, 2.05) is 18.2 Å². The van der Waals surface area contributed by atoms with Gasteiger partial charge in [-0.05, 0) is 48.2 Å². The van der Waals surface area contributed by atoms with Gasteiger partial charge in [0.2, 0.25) is 0 Å². The number of aryl methyl sites for hydroxylation is 2. The fourth-order valence-corrected chi connectivity index (χ4v) is 2.22. The third kappa shape index (κ3) is 2.33. The Hall–Kier alpha value is -1.96. The largest absolute Gasteiger partial charge is 0.497 e. The Morgan fingerprint density at radius 1 is 0.778 bits per heavy atom. The van der Waals surface area contributed by atoms with Gasteiger partial charge in [-0.2, -0.15) is 0 Å². The fraction of sp³-hybridized carbons (Fsp3) is 0.250. The molecule has 0 spiro atoms. The van der Waals surface area contributed by atoms with Crippen LogP contribution in [-0.2, 0) is 0 Å². The van der Waals surface area contributed by atoms with E-state index in [1.54, 1.807) is 14.2 Å². The van der Waals surface area contributed by atoms with E-state index in [0.717, 1.165) is 17.1 Å². The van der Waals surface area contributed by atoms with Crippen molar-refractivity contribution in [3.05, 3.63) is 47.5 Å². The average molecular weight is 242 g/mol. The molecule has 0 aromatic heterocycles. The Bertz CT molecular complexity index is 517. The van der Waals surface area contributed by atoms with E-state index in [0.29, 0.717) is 0 Å². The molecule has 0 aliphatic rings. The number of hydrogen-bond acceptors (Lipinski definition) is 2. The SMILES string of the molecule is COc1cc(OC)cc(-c2c(C)cccc2C)c1. The maximum absolute atomic E-state index is 5.32. The van der Waals surface area contributed by atoms with Gasteiger partial charge in [0.25, 0.3) is 0 Å². The van der Waals surface area contributed by atoms with Crippen LogP contribution in [0.5, 0.6) is 11.5 Å². The molecule has 18 heavy (non-hydrogen) atoms. The van der Waals surface area contributed by atoms with Crippen molar-refractivity contribution >= 4 is 0 Å². The Labute approximate surface area is 108 Å². The summed E-state index contributed by atoms with van der Waals surface area (Å²) < 4.78 is 10.6. The molecule has 0 aliphatic carbocycles. The summed E-state index contributed by atoms with van der Waals surface area (Å²) in [7, 11) is 3.34. The standard InChI is InChI=1S/C16H18O2/c1-11-6-5-7-12(2)16(11)13-8-14(17-3)10-15(9-13)18-4/h5-10H,1-4H3. The van der Waals surface area contributed by atoms with Crippen LogP contribution in [0.15, 0.2) is 36.4 Å². The van der Waals surface area contributed by atoms with Crippen LogP contribution in [0.25, 0.3) is 11.1 Å². The van der Waals surface area contributed by atoms with E-state index in [4.69, 9.17) is 9.47 Å². The van der Waals surface area contributed by atoms with E-state index in [9.17, 15) is 0 Å². The Balaban J connectivity index is 2.63. The highest BCUT2D eigenvalue weighted by molar-refractivity contribution is 5.73. The van der Waals surface area contributed by atoms with Crippen molar-refractivity contribution in [3.8, 4) is 22.6 Å². The summed E-state index contributed by atoms with van der Waals surface area (Å²) in [6, 6.07) is 12.3. The molecule has 0 amide bonds. The molecular weight excluding hydrogens is 224 g/mol. The number of rotatable bonds is 3. The molecule has 0 unspecified atom stereocenters. The molecule has 0 radical (unpaired) electrons. The number of benzene rings is 2. The summed E-state index contributed by atoms with van der Waals surface area (Å²) in [5, 5.41) is 0. The van der Waals surface area contributed by atoms with Gasteiger partial charge in [0.05, 0.1) is 14.2 Å². The lowest BCUT2D eigenvalue weighted by Crippen LogP contribution is -1.92. The summed E-state index contributed by atoms with van der Waals surface area (Å²) in [4.78, 5) is 0. The van der Waals surface area contributed by atoms with Gasteiger partial charge in [-0.1, -0.05) is 18.2 Å². The highest BCUT2D eigenvalue weighted by atomic mass is 16.5. The summed E-state index contributed by atoms with van der Waals surface area (Å²) >= 11 is 0. The number of ether oxygens (including phenoxy) is 2. The van der Waals surface area contributed by atoms with Crippen molar-refractivity contribution in [1.82, 2.24) is 0 Å². The number of methoxy groups -OCH3 is 2. The lowest BCUT2D eigenvalue weighted by molar-refractivity contribution is 0.394. The van der Waals surface area contributed by atoms with Crippen LogP contribution in [0, 0.1) is 13.8 Å². The zero-order chi connectivity index (χ0) is 13.1. The smallest absolute Gasteiger partial charge is 0.123 e. The minimum atomic E-state index is 0.812. The van der Waals surface area contributed by atoms with Crippen LogP contribution in [0.3, 0.4) is 0 Å². The van der Waals surface area contributed by atoms with Gasteiger partial charge in [0, 0.05) is 6.07 Å². The van der Waals surface area contributed by atoms with E-state index in [1.165, 1.54) is 16.7 Å². The van der Waals surface area contributed by atoms with Gasteiger partial charge in [-0.3, -0.25) is 0 Å². The first-order chi connectivity index (χ1) is 8.65. The molecule has 0 atom stereocenters. The molecule has 0 fully saturated rings. The van der Waals surface area contributed by atoms with E-state index in [2.05, 4.69) is 32.0 Å². The first-order valence-electron chi connectivity index (χ1n) is 5.95. The maximum Gasteiger partial charge on any atom is 0.123 e. The van der Waals surface area contributed by atoms with Crippen molar-refractivity contribution in [2.75, 3.05) is 14.2 Å². The topological polar surface area (TPSA) is 18.5 Å². The molecule has 94 valence electrons. The zero-order valence-electron chi connectivity index (χ0n) is 11.3. The van der Waals surface area contributed by atoms with Crippen LogP contribution in [0.1, 0.15) is 11.1 Å². The highest BCUT2D eigenvalue weighted by Gasteiger charge is 2.08. The second-order valence-electron chi connectivity index (χ2n) is 4.37. The molecule has 2 heteroatoms. The van der Waals surface area contributed by atoms with Crippen LogP contribution >= 0.6 is 0 Å². The van der Waals surface area contributed by atoms with Crippen molar-refractivity contribution in [2.24, 2.45) is 0 Å². The lowest BCUT2D eigenvalue weighted by atomic mass is 9.95. The molecule has 0 aliphatic heterocycles. The first kappa shape index (κ1) is 12.5. The molecule has 0 heterocycles. The van der Waals surface area contributed by atoms with Crippen molar-refractivity contribution in [1.29, 1.82) is 0 Å². The number of hydrogen-bond donors (Lipinski definition) is 0. The summed E-state index contributed by atoms with van der Waals surface area (Å²) in [5.41, 5.74) is 4.88. The zero-order valence-corrected chi connectivity index (χ0v) is 11.3. The molecule has 0 bridgehead atoms. The molecule has 0 saturated carbocycles. The van der Waals surface area contributed by atoms with Gasteiger partial charge in [-0.25, -0.2) is 0 Å². The molecule has 2 nitrogen and oxygen atoms in total. The van der Waals surface area contributed by atoms with E-state index >= 15 is 0 Å². The summed E-state index contributed by atoms with van der Waals surface area (Å²) in [6.07, 6.45) is 0. The maximum atomic E-state index is 5.32. The first-order valence-corrected chi connectivity index (χ1v) is 5.95. The summed E-state index contributed by atoms with van der Waals surface area (Å²) in [6.45, 7) is 4.24. The minimum absolute atomic E-state index is 0.812. The Morgan fingerprint density at radius 2 is 1.28 bits per heavy atom. The lowest BCUT2D eigenvalue weighted by Gasteiger charge is -2.13. The quantitative estimate of drug-likeness (QED) is 0.810. The second kappa shape index (κ2) is 5.13. The highest BCUT2D eigenvalue weighted by Crippen LogP contribution is 2.33. The Kier molecular flexibility index (Phi) is 3.56. The third-order valence-electron chi connectivity index (χ3n) is 3.12. The normalized spacial score (nSPS) is 10.2. The molecule has 2 rings (SSSR count). The van der Waals surface area contributed by atoms with Gasteiger partial charge in [0.15, 0.2) is 0 Å². The molecule has 0 N–H and O–H groups in total. The van der Waals surface area contributed by atoms with Crippen LogP contribution in [0.4, 0.5) is 0 Å². The minimum Gasteiger partial charge on any atom is -0.497 e.